The van der Waals surface area contributed by atoms with E-state index in [0.29, 0.717) is 11.8 Å². The fourth-order valence-electron chi connectivity index (χ4n) is 3.46. The highest BCUT2D eigenvalue weighted by Gasteiger charge is 2.55. The van der Waals surface area contributed by atoms with Crippen molar-refractivity contribution >= 4 is 29.1 Å². The lowest BCUT2D eigenvalue weighted by molar-refractivity contribution is -0.123. The van der Waals surface area contributed by atoms with Crippen LogP contribution in [0.4, 0.5) is 0 Å². The minimum Gasteiger partial charge on any atom is -0.507 e. The summed E-state index contributed by atoms with van der Waals surface area (Å²) in [5, 5.41) is 41.6. The molecule has 1 aromatic carbocycles. The number of thiocyanates is 1. The van der Waals surface area contributed by atoms with Crippen molar-refractivity contribution in [2.75, 3.05) is 5.75 Å². The maximum atomic E-state index is 13.1. The van der Waals surface area contributed by atoms with Crippen LogP contribution in [0.1, 0.15) is 35.3 Å². The summed E-state index contributed by atoms with van der Waals surface area (Å²) in [6.45, 7) is 3.88. The van der Waals surface area contributed by atoms with Crippen molar-refractivity contribution in [1.29, 1.82) is 5.26 Å². The van der Waals surface area contributed by atoms with E-state index in [0.717, 1.165) is 13.0 Å². The van der Waals surface area contributed by atoms with Crippen molar-refractivity contribution in [3.05, 3.63) is 39.9 Å². The van der Waals surface area contributed by atoms with Crippen molar-refractivity contribution in [2.45, 2.75) is 26.2 Å². The second-order valence-corrected chi connectivity index (χ2v) is 7.35. The first-order chi connectivity index (χ1) is 13.1. The lowest BCUT2D eigenvalue weighted by Crippen LogP contribution is -2.38. The molecular formula is C19H15NO7S. The number of ether oxygens (including phenoxy) is 1. The van der Waals surface area contributed by atoms with Gasteiger partial charge in [0.2, 0.25) is 0 Å². The molecule has 0 bridgehead atoms. The maximum absolute atomic E-state index is 13.1. The quantitative estimate of drug-likeness (QED) is 0.393. The molecule has 0 amide bonds. The number of aromatic hydroxyl groups is 2. The summed E-state index contributed by atoms with van der Waals surface area (Å²) in [7, 11) is 0. The van der Waals surface area contributed by atoms with E-state index in [1.54, 1.807) is 5.40 Å². The zero-order valence-electron chi connectivity index (χ0n) is 15.1. The molecule has 2 aliphatic rings. The molecule has 3 rings (SSSR count). The van der Waals surface area contributed by atoms with Gasteiger partial charge in [0.1, 0.15) is 50.7 Å². The molecule has 3 N–H and O–H groups in total. The third-order valence-corrected chi connectivity index (χ3v) is 5.48. The Balaban J connectivity index is 2.33. The van der Waals surface area contributed by atoms with E-state index in [1.165, 1.54) is 13.8 Å². The molecule has 0 fully saturated rings. The number of phenols is 2. The normalized spacial score (nSPS) is 20.1. The maximum Gasteiger partial charge on any atom is 0.188 e. The minimum absolute atomic E-state index is 0.0499. The summed E-state index contributed by atoms with van der Waals surface area (Å²) in [5.41, 5.74) is -2.51. The van der Waals surface area contributed by atoms with Crippen molar-refractivity contribution in [2.24, 2.45) is 0 Å². The van der Waals surface area contributed by atoms with Crippen LogP contribution < -0.4 is 4.74 Å². The lowest BCUT2D eigenvalue weighted by Gasteiger charge is -2.28. The van der Waals surface area contributed by atoms with Gasteiger partial charge in [-0.15, -0.1) is 0 Å². The van der Waals surface area contributed by atoms with E-state index in [4.69, 9.17) is 10.00 Å². The van der Waals surface area contributed by atoms with Gasteiger partial charge in [0.15, 0.2) is 17.3 Å². The number of rotatable bonds is 4. The molecule has 0 saturated heterocycles. The van der Waals surface area contributed by atoms with Crippen LogP contribution in [0.5, 0.6) is 17.2 Å². The Bertz CT molecular complexity index is 1080. The van der Waals surface area contributed by atoms with E-state index in [1.807, 2.05) is 0 Å². The molecular weight excluding hydrogens is 386 g/mol. The van der Waals surface area contributed by atoms with Gasteiger partial charge in [-0.3, -0.25) is 14.4 Å². The highest BCUT2D eigenvalue weighted by molar-refractivity contribution is 8.04. The van der Waals surface area contributed by atoms with Crippen molar-refractivity contribution in [3.63, 3.8) is 0 Å². The van der Waals surface area contributed by atoms with E-state index >= 15 is 0 Å². The number of phenolic OH excluding ortho intramolecular Hbond substituents is 2. The lowest BCUT2D eigenvalue weighted by atomic mass is 9.71. The summed E-state index contributed by atoms with van der Waals surface area (Å²) in [5.74, 6) is -4.26. The van der Waals surface area contributed by atoms with Gasteiger partial charge in [-0.05, 0) is 32.5 Å². The Kier molecular flexibility index (Phi) is 4.47. The van der Waals surface area contributed by atoms with Gasteiger partial charge in [0.05, 0.1) is 11.3 Å². The van der Waals surface area contributed by atoms with E-state index in [-0.39, 0.29) is 34.0 Å². The van der Waals surface area contributed by atoms with Gasteiger partial charge in [0, 0.05) is 11.6 Å². The van der Waals surface area contributed by atoms with Crippen LogP contribution in [0.25, 0.3) is 0 Å². The second-order valence-electron chi connectivity index (χ2n) is 6.59. The number of Topliss-reactive ketones (excluding diaryl/α,β-unsaturated/α-hetero) is 3. The first kappa shape index (κ1) is 19.5. The monoisotopic (exact) mass is 401 g/mol. The largest absolute Gasteiger partial charge is 0.507 e. The number of allylic oxidation sites excluding steroid dienone is 3. The molecule has 0 radical (unpaired) electrons. The number of hydrogen-bond donors (Lipinski definition) is 3. The summed E-state index contributed by atoms with van der Waals surface area (Å²) in [6.07, 6.45) is 1.09. The van der Waals surface area contributed by atoms with Gasteiger partial charge in [-0.1, -0.05) is 0 Å². The van der Waals surface area contributed by atoms with Crippen LogP contribution in [0, 0.1) is 17.6 Å². The Morgan fingerprint density at radius 1 is 1.29 bits per heavy atom. The van der Waals surface area contributed by atoms with Gasteiger partial charge < -0.3 is 20.1 Å². The van der Waals surface area contributed by atoms with Gasteiger partial charge >= 0.3 is 0 Å². The van der Waals surface area contributed by atoms with Crippen molar-refractivity contribution in [1.82, 2.24) is 0 Å². The van der Waals surface area contributed by atoms with Crippen LogP contribution in [0.2, 0.25) is 0 Å². The molecule has 9 heteroatoms. The Labute approximate surface area is 163 Å². The van der Waals surface area contributed by atoms with Gasteiger partial charge in [0.25, 0.3) is 0 Å². The molecule has 1 heterocycles. The average Bonchev–Trinajstić information content (AvgIpc) is 2.91. The number of fused-ring (bicyclic) bond motifs is 3. The van der Waals surface area contributed by atoms with Crippen LogP contribution in [0.15, 0.2) is 23.2 Å². The summed E-state index contributed by atoms with van der Waals surface area (Å²) >= 11 is 0.657. The minimum atomic E-state index is -1.66. The number of benzene rings is 1. The first-order valence-electron chi connectivity index (χ1n) is 8.09. The van der Waals surface area contributed by atoms with Crippen molar-refractivity contribution in [3.8, 4) is 22.6 Å². The molecule has 1 aliphatic heterocycles. The van der Waals surface area contributed by atoms with Gasteiger partial charge in [-0.2, -0.15) is 5.26 Å². The number of ketones is 3. The molecule has 1 aromatic rings. The topological polar surface area (TPSA) is 145 Å². The highest BCUT2D eigenvalue weighted by Crippen LogP contribution is 2.57. The fraction of sp³-hybridized carbons (Fsp3) is 0.263. The molecule has 0 spiro atoms. The Hall–Kier alpha value is -3.25. The average molecular weight is 401 g/mol. The zero-order chi connectivity index (χ0) is 21.0. The fourth-order valence-corrected chi connectivity index (χ4v) is 3.80. The summed E-state index contributed by atoms with van der Waals surface area (Å²) in [6, 6.07) is 0. The Morgan fingerprint density at radius 3 is 2.50 bits per heavy atom. The van der Waals surface area contributed by atoms with Crippen LogP contribution >= 0.6 is 11.8 Å². The smallest absolute Gasteiger partial charge is 0.188 e. The zero-order valence-corrected chi connectivity index (χ0v) is 15.9. The second kappa shape index (κ2) is 6.42. The number of nitrogens with zero attached hydrogens (tertiary/aromatic N) is 1. The molecule has 0 aromatic heterocycles. The molecule has 1 aliphatic carbocycles. The number of nitriles is 1. The molecule has 8 nitrogen and oxygen atoms in total. The van der Waals surface area contributed by atoms with E-state index < -0.39 is 45.6 Å². The van der Waals surface area contributed by atoms with Gasteiger partial charge in [-0.25, -0.2) is 0 Å². The summed E-state index contributed by atoms with van der Waals surface area (Å²) < 4.78 is 5.63. The third-order valence-electron chi connectivity index (χ3n) is 4.95. The SMILES string of the molecule is CC(=O)C1=C(O)C=C2Oc3c(C(=O)CSC#N)c(O)c(C)c(O)c3[C@@]2(C)C1=O. The van der Waals surface area contributed by atoms with Crippen LogP contribution in [0.3, 0.4) is 0 Å². The molecule has 0 unspecified atom stereocenters. The standard InChI is InChI=1S/C19H15NO7S/c1-7-15(24)13(10(23)5-28-6-20)17-14(16(7)25)19(3)11(27-17)4-9(22)12(8(2)21)18(19)26/h4,22,24-25H,5H2,1-3H3/t19-/m0/s1. The predicted octanol–water partition coefficient (Wildman–Crippen LogP) is 2.32. The number of aliphatic hydroxyl groups excluding tert-OH is 1. The summed E-state index contributed by atoms with van der Waals surface area (Å²) in [4.78, 5) is 37.5. The van der Waals surface area contributed by atoms with Crippen LogP contribution in [-0.2, 0) is 15.0 Å². The molecule has 144 valence electrons. The predicted molar refractivity (Wildman–Crippen MR) is 98.3 cm³/mol. The Morgan fingerprint density at radius 2 is 1.93 bits per heavy atom. The number of thioether (sulfide) groups is 1. The van der Waals surface area contributed by atoms with E-state index in [9.17, 15) is 29.7 Å². The molecule has 1 atom stereocenters. The highest BCUT2D eigenvalue weighted by atomic mass is 32.2. The number of hydrogen-bond acceptors (Lipinski definition) is 9. The number of carbonyl (C=O) groups excluding carboxylic acids is 3. The molecule has 28 heavy (non-hydrogen) atoms. The van der Waals surface area contributed by atoms with E-state index in [2.05, 4.69) is 0 Å². The number of aliphatic hydroxyl groups is 1. The molecule has 0 saturated carbocycles. The van der Waals surface area contributed by atoms with Crippen LogP contribution in [-0.4, -0.2) is 38.4 Å². The van der Waals surface area contributed by atoms with Crippen molar-refractivity contribution < 1.29 is 34.4 Å². The first-order valence-corrected chi connectivity index (χ1v) is 9.07. The third kappa shape index (κ3) is 2.42. The number of carbonyl (C=O) groups is 3.